The molecule has 1 atom stereocenters. The number of hydrogen-bond donors (Lipinski definition) is 1. The van der Waals surface area contributed by atoms with Crippen LogP contribution in [0.3, 0.4) is 0 Å². The zero-order chi connectivity index (χ0) is 16.9. The topological polar surface area (TPSA) is 69.7 Å². The molecule has 0 spiro atoms. The number of rotatable bonds is 6. The first-order valence-electron chi connectivity index (χ1n) is 7.81. The Hall–Kier alpha value is -2.12. The van der Waals surface area contributed by atoms with Crippen molar-refractivity contribution in [1.29, 1.82) is 0 Å². The molecule has 0 amide bonds. The summed E-state index contributed by atoms with van der Waals surface area (Å²) in [5, 5.41) is 3.22. The first-order valence-corrected chi connectivity index (χ1v) is 8.69. The lowest BCUT2D eigenvalue weighted by atomic mass is 9.94. The van der Waals surface area contributed by atoms with Crippen molar-refractivity contribution in [2.45, 2.75) is 32.5 Å². The zero-order valence-electron chi connectivity index (χ0n) is 13.7. The molecule has 6 nitrogen and oxygen atoms in total. The van der Waals surface area contributed by atoms with E-state index in [1.54, 1.807) is 37.1 Å². The fourth-order valence-corrected chi connectivity index (χ4v) is 3.24. The number of ether oxygens (including phenoxy) is 3. The van der Waals surface area contributed by atoms with Gasteiger partial charge in [-0.2, -0.15) is 0 Å². The van der Waals surface area contributed by atoms with Gasteiger partial charge in [0.25, 0.3) is 0 Å². The Balaban J connectivity index is 1.85. The van der Waals surface area contributed by atoms with Crippen LogP contribution in [0.2, 0.25) is 0 Å². The summed E-state index contributed by atoms with van der Waals surface area (Å²) in [5.74, 6) is 1.13. The molecular weight excluding hydrogens is 328 g/mol. The van der Waals surface area contributed by atoms with Gasteiger partial charge in [0.1, 0.15) is 12.6 Å². The Kier molecular flexibility index (Phi) is 5.32. The number of fused-ring (bicyclic) bond motifs is 1. The molecule has 2 heterocycles. The van der Waals surface area contributed by atoms with Crippen molar-refractivity contribution in [2.75, 3.05) is 13.7 Å². The summed E-state index contributed by atoms with van der Waals surface area (Å²) in [4.78, 5) is 17.1. The van der Waals surface area contributed by atoms with Crippen molar-refractivity contribution in [3.63, 3.8) is 0 Å². The molecule has 0 saturated carbocycles. The number of hydrogen-bond acceptors (Lipinski definition) is 7. The second kappa shape index (κ2) is 7.63. The highest BCUT2D eigenvalue weighted by atomic mass is 32.1. The average Bonchev–Trinajstić information content (AvgIpc) is 3.12. The lowest BCUT2D eigenvalue weighted by Gasteiger charge is -2.27. The van der Waals surface area contributed by atoms with E-state index < -0.39 is 0 Å². The van der Waals surface area contributed by atoms with E-state index >= 15 is 0 Å². The second-order valence-corrected chi connectivity index (χ2v) is 6.35. The summed E-state index contributed by atoms with van der Waals surface area (Å²) in [6, 6.07) is 3.53. The van der Waals surface area contributed by atoms with Gasteiger partial charge in [-0.3, -0.25) is 9.78 Å². The van der Waals surface area contributed by atoms with Gasteiger partial charge in [-0.1, -0.05) is 6.07 Å². The number of thiazole rings is 1. The minimum atomic E-state index is -0.365. The summed E-state index contributed by atoms with van der Waals surface area (Å²) in [5.41, 5.74) is 3.88. The van der Waals surface area contributed by atoms with Crippen molar-refractivity contribution in [3.05, 3.63) is 39.8 Å². The summed E-state index contributed by atoms with van der Waals surface area (Å²) >= 11 is 1.54. The third-order valence-electron chi connectivity index (χ3n) is 3.90. The van der Waals surface area contributed by atoms with Gasteiger partial charge in [0, 0.05) is 24.7 Å². The molecule has 0 bridgehead atoms. The van der Waals surface area contributed by atoms with Gasteiger partial charge in [0.15, 0.2) is 11.5 Å². The van der Waals surface area contributed by atoms with Gasteiger partial charge in [0.2, 0.25) is 0 Å². The third-order valence-corrected chi connectivity index (χ3v) is 4.65. The lowest BCUT2D eigenvalue weighted by molar-refractivity contribution is -0.145. The van der Waals surface area contributed by atoms with E-state index in [0.717, 1.165) is 16.0 Å². The first-order chi connectivity index (χ1) is 11.7. The van der Waals surface area contributed by atoms with Crippen LogP contribution in [-0.2, 0) is 29.1 Å². The molecule has 1 aromatic heterocycles. The highest BCUT2D eigenvalue weighted by molar-refractivity contribution is 7.09. The van der Waals surface area contributed by atoms with Crippen molar-refractivity contribution >= 4 is 17.3 Å². The van der Waals surface area contributed by atoms with Gasteiger partial charge in [-0.15, -0.1) is 11.3 Å². The van der Waals surface area contributed by atoms with Gasteiger partial charge in [0.05, 0.1) is 24.1 Å². The van der Waals surface area contributed by atoms with Crippen molar-refractivity contribution in [2.24, 2.45) is 0 Å². The smallest absolute Gasteiger partial charge is 0.323 e. The highest BCUT2D eigenvalue weighted by Gasteiger charge is 2.29. The van der Waals surface area contributed by atoms with Crippen LogP contribution in [0.15, 0.2) is 23.8 Å². The average molecular weight is 348 g/mol. The van der Waals surface area contributed by atoms with Crippen molar-refractivity contribution in [1.82, 2.24) is 10.3 Å². The van der Waals surface area contributed by atoms with E-state index in [1.165, 1.54) is 0 Å². The van der Waals surface area contributed by atoms with Crippen LogP contribution < -0.4 is 14.8 Å². The molecule has 7 heteroatoms. The number of methoxy groups -OCH3 is 1. The normalized spacial score (nSPS) is 16.3. The largest absolute Gasteiger partial charge is 0.493 e. The molecule has 24 heavy (non-hydrogen) atoms. The molecule has 1 aliphatic heterocycles. The van der Waals surface area contributed by atoms with Crippen molar-refractivity contribution < 1.29 is 19.0 Å². The molecule has 1 aromatic carbocycles. The van der Waals surface area contributed by atoms with E-state index in [9.17, 15) is 4.79 Å². The minimum Gasteiger partial charge on any atom is -0.493 e. The Labute approximate surface area is 144 Å². The molecule has 2 aromatic rings. The van der Waals surface area contributed by atoms with E-state index in [2.05, 4.69) is 10.3 Å². The van der Waals surface area contributed by atoms with E-state index in [4.69, 9.17) is 14.2 Å². The summed E-state index contributed by atoms with van der Waals surface area (Å²) in [6.07, 6.45) is 2.30. The Morgan fingerprint density at radius 1 is 1.46 bits per heavy atom. The monoisotopic (exact) mass is 348 g/mol. The SMILES string of the molecule is CCOC(=O)[C@@H]1Cc2c(ccc(OC)c2OCc2cncs2)CN1. The van der Waals surface area contributed by atoms with Crippen LogP contribution in [0.5, 0.6) is 11.5 Å². The maximum Gasteiger partial charge on any atom is 0.323 e. The predicted molar refractivity (Wildman–Crippen MR) is 90.4 cm³/mol. The fraction of sp³-hybridized carbons (Fsp3) is 0.412. The molecule has 0 fully saturated rings. The van der Waals surface area contributed by atoms with Crippen molar-refractivity contribution in [3.8, 4) is 11.5 Å². The minimum absolute atomic E-state index is 0.237. The highest BCUT2D eigenvalue weighted by Crippen LogP contribution is 2.37. The summed E-state index contributed by atoms with van der Waals surface area (Å²) in [7, 11) is 1.62. The second-order valence-electron chi connectivity index (χ2n) is 5.38. The first kappa shape index (κ1) is 16.7. The Morgan fingerprint density at radius 2 is 2.33 bits per heavy atom. The molecule has 3 rings (SSSR count). The third kappa shape index (κ3) is 3.52. The number of esters is 1. The molecular formula is C17H20N2O4S. The van der Waals surface area contributed by atoms with Gasteiger partial charge < -0.3 is 19.5 Å². The number of nitrogens with one attached hydrogen (secondary N) is 1. The molecule has 0 aliphatic carbocycles. The lowest BCUT2D eigenvalue weighted by Crippen LogP contribution is -2.42. The number of carbonyl (C=O) groups is 1. The Bertz CT molecular complexity index is 703. The van der Waals surface area contributed by atoms with Crippen LogP contribution in [-0.4, -0.2) is 30.7 Å². The summed E-state index contributed by atoms with van der Waals surface area (Å²) in [6.45, 7) is 3.20. The van der Waals surface area contributed by atoms with Crippen LogP contribution in [0.1, 0.15) is 22.9 Å². The molecule has 128 valence electrons. The van der Waals surface area contributed by atoms with Crippen LogP contribution in [0.4, 0.5) is 0 Å². The summed E-state index contributed by atoms with van der Waals surface area (Å²) < 4.78 is 16.6. The molecule has 1 aliphatic rings. The fourth-order valence-electron chi connectivity index (χ4n) is 2.73. The zero-order valence-corrected chi connectivity index (χ0v) is 14.5. The molecule has 0 saturated heterocycles. The number of benzene rings is 1. The number of carbonyl (C=O) groups excluding carboxylic acids is 1. The molecule has 1 N–H and O–H groups in total. The van der Waals surface area contributed by atoms with Crippen LogP contribution in [0, 0.1) is 0 Å². The van der Waals surface area contributed by atoms with Gasteiger partial charge in [-0.25, -0.2) is 0 Å². The van der Waals surface area contributed by atoms with E-state index in [0.29, 0.717) is 37.7 Å². The Morgan fingerprint density at radius 3 is 3.04 bits per heavy atom. The predicted octanol–water partition coefficient (Wildman–Crippen LogP) is 2.31. The number of nitrogens with zero attached hydrogens (tertiary/aromatic N) is 1. The van der Waals surface area contributed by atoms with Crippen LogP contribution >= 0.6 is 11.3 Å². The molecule has 0 unspecified atom stereocenters. The van der Waals surface area contributed by atoms with Crippen LogP contribution in [0.25, 0.3) is 0 Å². The van der Waals surface area contributed by atoms with E-state index in [-0.39, 0.29) is 12.0 Å². The van der Waals surface area contributed by atoms with E-state index in [1.807, 2.05) is 12.1 Å². The number of aromatic nitrogens is 1. The standard InChI is InChI=1S/C17H20N2O4S/c1-3-22-17(20)14-6-13-11(7-19-14)4-5-15(21-2)16(13)23-9-12-8-18-10-24-12/h4-5,8,10,14,19H,3,6-7,9H2,1-2H3/t14-/m0/s1. The maximum atomic E-state index is 12.1. The molecule has 0 radical (unpaired) electrons. The van der Waals surface area contributed by atoms with Gasteiger partial charge in [-0.05, 0) is 18.6 Å². The quantitative estimate of drug-likeness (QED) is 0.808. The maximum absolute atomic E-state index is 12.1. The van der Waals surface area contributed by atoms with Gasteiger partial charge >= 0.3 is 5.97 Å².